The molecule has 19 heavy (non-hydrogen) atoms. The molecule has 0 spiro atoms. The summed E-state index contributed by atoms with van der Waals surface area (Å²) in [5.74, 6) is 0.106. The molecule has 1 amide bonds. The lowest BCUT2D eigenvalue weighted by Gasteiger charge is -2.22. The van der Waals surface area contributed by atoms with Gasteiger partial charge in [-0.2, -0.15) is 0 Å². The fraction of sp³-hybridized carbons (Fsp3) is 0.562. The zero-order valence-electron chi connectivity index (χ0n) is 13.1. The van der Waals surface area contributed by atoms with Gasteiger partial charge in [0, 0.05) is 11.1 Å². The molecule has 106 valence electrons. The third-order valence-corrected chi connectivity index (χ3v) is 2.76. The van der Waals surface area contributed by atoms with Crippen molar-refractivity contribution in [3.8, 4) is 0 Å². The fourth-order valence-corrected chi connectivity index (χ4v) is 2.32. The SMILES string of the molecule is Cc1cc(C)cc(C[NH+](C)CC(=O)NC(C)(C)C)c1. The van der Waals surface area contributed by atoms with E-state index in [2.05, 4.69) is 44.4 Å². The third kappa shape index (κ3) is 6.39. The minimum atomic E-state index is -0.155. The summed E-state index contributed by atoms with van der Waals surface area (Å²) in [5, 5.41) is 3.00. The lowest BCUT2D eigenvalue weighted by molar-refractivity contribution is -0.885. The molecule has 1 aromatic rings. The highest BCUT2D eigenvalue weighted by Gasteiger charge is 2.17. The summed E-state index contributed by atoms with van der Waals surface area (Å²) in [6.45, 7) is 11.6. The summed E-state index contributed by atoms with van der Waals surface area (Å²) in [6.07, 6.45) is 0. The van der Waals surface area contributed by atoms with E-state index in [-0.39, 0.29) is 11.4 Å². The first kappa shape index (κ1) is 15.7. The number of carbonyl (C=O) groups is 1. The van der Waals surface area contributed by atoms with E-state index in [1.807, 2.05) is 20.8 Å². The topological polar surface area (TPSA) is 33.5 Å². The average molecular weight is 263 g/mol. The van der Waals surface area contributed by atoms with Gasteiger partial charge in [-0.3, -0.25) is 4.79 Å². The Balaban J connectivity index is 2.55. The van der Waals surface area contributed by atoms with Crippen molar-refractivity contribution in [2.24, 2.45) is 0 Å². The maximum absolute atomic E-state index is 11.9. The number of carbonyl (C=O) groups excluding carboxylic acids is 1. The number of quaternary nitrogens is 1. The van der Waals surface area contributed by atoms with E-state index in [9.17, 15) is 4.79 Å². The highest BCUT2D eigenvalue weighted by atomic mass is 16.2. The summed E-state index contributed by atoms with van der Waals surface area (Å²) < 4.78 is 0. The lowest BCUT2D eigenvalue weighted by Crippen LogP contribution is -3.09. The van der Waals surface area contributed by atoms with E-state index in [0.29, 0.717) is 6.54 Å². The van der Waals surface area contributed by atoms with Crippen molar-refractivity contribution in [1.29, 1.82) is 0 Å². The van der Waals surface area contributed by atoms with E-state index in [1.54, 1.807) is 0 Å². The Morgan fingerprint density at radius 2 is 1.68 bits per heavy atom. The molecule has 3 nitrogen and oxygen atoms in total. The largest absolute Gasteiger partial charge is 0.347 e. The molecule has 0 aromatic heterocycles. The van der Waals surface area contributed by atoms with Crippen molar-refractivity contribution in [2.75, 3.05) is 13.6 Å². The Labute approximate surface area is 117 Å². The van der Waals surface area contributed by atoms with Crippen LogP contribution in [0.2, 0.25) is 0 Å². The molecular formula is C16H27N2O+. The van der Waals surface area contributed by atoms with Crippen LogP contribution in [0.3, 0.4) is 0 Å². The van der Waals surface area contributed by atoms with Crippen LogP contribution in [0.4, 0.5) is 0 Å². The third-order valence-electron chi connectivity index (χ3n) is 2.76. The quantitative estimate of drug-likeness (QED) is 0.842. The van der Waals surface area contributed by atoms with E-state index in [1.165, 1.54) is 21.6 Å². The van der Waals surface area contributed by atoms with E-state index >= 15 is 0 Å². The molecule has 0 aliphatic carbocycles. The molecule has 1 atom stereocenters. The number of aryl methyl sites for hydroxylation is 2. The molecule has 1 rings (SSSR count). The normalized spacial score (nSPS) is 13.2. The molecule has 3 heteroatoms. The Bertz CT molecular complexity index is 426. The molecule has 0 radical (unpaired) electrons. The summed E-state index contributed by atoms with van der Waals surface area (Å²) in [4.78, 5) is 13.1. The predicted octanol–water partition coefficient (Wildman–Crippen LogP) is 1.23. The summed E-state index contributed by atoms with van der Waals surface area (Å²) in [5.41, 5.74) is 3.69. The number of hydrogen-bond acceptors (Lipinski definition) is 1. The van der Waals surface area contributed by atoms with Gasteiger partial charge in [0.1, 0.15) is 6.54 Å². The smallest absolute Gasteiger partial charge is 0.275 e. The maximum atomic E-state index is 11.9. The molecule has 1 unspecified atom stereocenters. The number of likely N-dealkylation sites (N-methyl/N-ethyl adjacent to an activating group) is 1. The van der Waals surface area contributed by atoms with E-state index in [4.69, 9.17) is 0 Å². The molecule has 0 aliphatic heterocycles. The van der Waals surface area contributed by atoms with Crippen LogP contribution in [-0.2, 0) is 11.3 Å². The number of benzene rings is 1. The van der Waals surface area contributed by atoms with Crippen LogP contribution in [0.15, 0.2) is 18.2 Å². The van der Waals surface area contributed by atoms with Gasteiger partial charge in [0.2, 0.25) is 0 Å². The van der Waals surface area contributed by atoms with Gasteiger partial charge in [-0.1, -0.05) is 29.3 Å². The number of hydrogen-bond donors (Lipinski definition) is 2. The van der Waals surface area contributed by atoms with Crippen LogP contribution >= 0.6 is 0 Å². The second-order valence-corrected chi connectivity index (χ2v) is 6.60. The van der Waals surface area contributed by atoms with Crippen molar-refractivity contribution in [2.45, 2.75) is 46.7 Å². The van der Waals surface area contributed by atoms with E-state index < -0.39 is 0 Å². The highest BCUT2D eigenvalue weighted by Crippen LogP contribution is 2.07. The Morgan fingerprint density at radius 1 is 1.16 bits per heavy atom. The highest BCUT2D eigenvalue weighted by molar-refractivity contribution is 5.77. The van der Waals surface area contributed by atoms with Gasteiger partial charge < -0.3 is 10.2 Å². The lowest BCUT2D eigenvalue weighted by atomic mass is 10.1. The summed E-state index contributed by atoms with van der Waals surface area (Å²) >= 11 is 0. The van der Waals surface area contributed by atoms with Gasteiger partial charge in [-0.15, -0.1) is 0 Å². The molecule has 0 bridgehead atoms. The monoisotopic (exact) mass is 263 g/mol. The Kier molecular flexibility index (Phi) is 5.12. The van der Waals surface area contributed by atoms with Crippen molar-refractivity contribution in [3.05, 3.63) is 34.9 Å². The summed E-state index contributed by atoms with van der Waals surface area (Å²) in [6, 6.07) is 6.56. The van der Waals surface area contributed by atoms with Crippen LogP contribution in [0, 0.1) is 13.8 Å². The fourth-order valence-electron chi connectivity index (χ4n) is 2.32. The number of amides is 1. The van der Waals surface area contributed by atoms with Crippen molar-refractivity contribution in [1.82, 2.24) is 5.32 Å². The molecule has 0 aliphatic rings. The van der Waals surface area contributed by atoms with Crippen molar-refractivity contribution < 1.29 is 9.69 Å². The first-order chi connectivity index (χ1) is 8.65. The molecule has 1 aromatic carbocycles. The van der Waals surface area contributed by atoms with Crippen LogP contribution in [0.25, 0.3) is 0 Å². The van der Waals surface area contributed by atoms with Gasteiger partial charge >= 0.3 is 0 Å². The number of nitrogens with one attached hydrogen (secondary N) is 2. The van der Waals surface area contributed by atoms with Crippen LogP contribution < -0.4 is 10.2 Å². The van der Waals surface area contributed by atoms with Gasteiger partial charge in [0.15, 0.2) is 6.54 Å². The first-order valence-corrected chi connectivity index (χ1v) is 6.85. The second kappa shape index (κ2) is 6.20. The van der Waals surface area contributed by atoms with Crippen LogP contribution in [-0.4, -0.2) is 25.0 Å². The maximum Gasteiger partial charge on any atom is 0.275 e. The predicted molar refractivity (Wildman–Crippen MR) is 79.3 cm³/mol. The minimum Gasteiger partial charge on any atom is -0.347 e. The van der Waals surface area contributed by atoms with Gasteiger partial charge in [-0.25, -0.2) is 0 Å². The zero-order chi connectivity index (χ0) is 14.6. The molecule has 0 heterocycles. The Hall–Kier alpha value is -1.35. The first-order valence-electron chi connectivity index (χ1n) is 6.85. The Morgan fingerprint density at radius 3 is 2.16 bits per heavy atom. The molecule has 2 N–H and O–H groups in total. The van der Waals surface area contributed by atoms with Crippen LogP contribution in [0.1, 0.15) is 37.5 Å². The van der Waals surface area contributed by atoms with Gasteiger partial charge in [-0.05, 0) is 34.6 Å². The minimum absolute atomic E-state index is 0.106. The van der Waals surface area contributed by atoms with Gasteiger partial charge in [0.25, 0.3) is 5.91 Å². The molecule has 0 saturated carbocycles. The number of rotatable bonds is 4. The van der Waals surface area contributed by atoms with Crippen LogP contribution in [0.5, 0.6) is 0 Å². The average Bonchev–Trinajstić information content (AvgIpc) is 2.10. The van der Waals surface area contributed by atoms with E-state index in [0.717, 1.165) is 6.54 Å². The van der Waals surface area contributed by atoms with Crippen molar-refractivity contribution in [3.63, 3.8) is 0 Å². The van der Waals surface area contributed by atoms with Crippen molar-refractivity contribution >= 4 is 5.91 Å². The van der Waals surface area contributed by atoms with Gasteiger partial charge in [0.05, 0.1) is 7.05 Å². The summed E-state index contributed by atoms with van der Waals surface area (Å²) in [7, 11) is 2.06. The zero-order valence-corrected chi connectivity index (χ0v) is 13.1. The second-order valence-electron chi connectivity index (χ2n) is 6.60. The molecule has 0 saturated heterocycles. The standard InChI is InChI=1S/C16H26N2O/c1-12-7-13(2)9-14(8-12)10-18(6)11-15(19)17-16(3,4)5/h7-9H,10-11H2,1-6H3,(H,17,19)/p+1. The molecular weight excluding hydrogens is 236 g/mol. The molecule has 0 fully saturated rings.